The van der Waals surface area contributed by atoms with Crippen LogP contribution in [0.15, 0.2) is 49.1 Å². The zero-order chi connectivity index (χ0) is 20.2. The van der Waals surface area contributed by atoms with Crippen molar-refractivity contribution in [2.45, 2.75) is 38.8 Å². The molecule has 0 amide bonds. The number of halogens is 1. The molecule has 0 saturated carbocycles. The highest BCUT2D eigenvalue weighted by Crippen LogP contribution is 2.37. The summed E-state index contributed by atoms with van der Waals surface area (Å²) in [4.78, 5) is 13.5. The Kier molecular flexibility index (Phi) is 5.85. The molecule has 2 aromatic heterocycles. The van der Waals surface area contributed by atoms with Crippen LogP contribution in [0, 0.1) is 12.7 Å². The van der Waals surface area contributed by atoms with Gasteiger partial charge in [-0.15, -0.1) is 0 Å². The number of piperazine rings is 1. The van der Waals surface area contributed by atoms with E-state index >= 15 is 0 Å². The van der Waals surface area contributed by atoms with Crippen LogP contribution in [0.3, 0.4) is 0 Å². The maximum absolute atomic E-state index is 13.6. The molecule has 3 aromatic rings. The van der Waals surface area contributed by atoms with E-state index in [1.165, 1.54) is 5.56 Å². The summed E-state index contributed by atoms with van der Waals surface area (Å²) in [5, 5.41) is 7.35. The van der Waals surface area contributed by atoms with E-state index in [0.29, 0.717) is 0 Å². The average Bonchev–Trinajstić information content (AvgIpc) is 3.18. The normalized spacial score (nSPS) is 18.7. The molecule has 7 heteroatoms. The number of H-pyrrole nitrogens is 1. The first-order valence-electron chi connectivity index (χ1n) is 10.2. The molecule has 1 aliphatic heterocycles. The number of aromatic amines is 1. The van der Waals surface area contributed by atoms with E-state index in [0.717, 1.165) is 49.6 Å². The summed E-state index contributed by atoms with van der Waals surface area (Å²) in [7, 11) is 0. The van der Waals surface area contributed by atoms with Gasteiger partial charge in [0.15, 0.2) is 0 Å². The molecular weight excluding hydrogens is 367 g/mol. The highest BCUT2D eigenvalue weighted by atomic mass is 19.1. The van der Waals surface area contributed by atoms with Crippen LogP contribution in [-0.4, -0.2) is 44.7 Å². The number of hydrogen-bond donors (Lipinski definition) is 1. The molecule has 3 heterocycles. The number of nitrogens with one attached hydrogen (secondary N) is 1. The molecule has 0 spiro atoms. The molecule has 4 rings (SSSR count). The number of rotatable bonds is 6. The highest BCUT2D eigenvalue weighted by Gasteiger charge is 2.35. The topological polar surface area (TPSA) is 60.9 Å². The molecule has 152 valence electrons. The van der Waals surface area contributed by atoms with Crippen molar-refractivity contribution in [3.05, 3.63) is 71.7 Å². The van der Waals surface area contributed by atoms with Crippen molar-refractivity contribution in [3.63, 3.8) is 0 Å². The van der Waals surface area contributed by atoms with Crippen LogP contribution in [-0.2, 0) is 0 Å². The first-order valence-corrected chi connectivity index (χ1v) is 10.2. The third kappa shape index (κ3) is 4.15. The Balaban J connectivity index is 1.69. The summed E-state index contributed by atoms with van der Waals surface area (Å²) in [5.74, 6) is 0.670. The van der Waals surface area contributed by atoms with Gasteiger partial charge in [-0.3, -0.25) is 15.0 Å². The third-order valence-electron chi connectivity index (χ3n) is 5.74. The number of hydrogen-bond acceptors (Lipinski definition) is 5. The lowest BCUT2D eigenvalue weighted by molar-refractivity contribution is 0.110. The number of aromatic nitrogens is 4. The minimum absolute atomic E-state index is 0.122. The minimum Gasteiger partial charge on any atom is -0.352 e. The predicted molar refractivity (Wildman–Crippen MR) is 111 cm³/mol. The second kappa shape index (κ2) is 8.69. The van der Waals surface area contributed by atoms with Crippen LogP contribution >= 0.6 is 0 Å². The predicted octanol–water partition coefficient (Wildman–Crippen LogP) is 4.05. The number of nitrogens with zero attached hydrogens (tertiary/aromatic N) is 5. The number of anilines is 1. The van der Waals surface area contributed by atoms with Gasteiger partial charge in [-0.05, 0) is 31.0 Å². The van der Waals surface area contributed by atoms with Crippen molar-refractivity contribution >= 4 is 5.82 Å². The van der Waals surface area contributed by atoms with Gasteiger partial charge in [0.25, 0.3) is 0 Å². The van der Waals surface area contributed by atoms with Crippen LogP contribution < -0.4 is 4.90 Å². The molecule has 1 N–H and O–H groups in total. The molecule has 29 heavy (non-hydrogen) atoms. The molecule has 6 nitrogen and oxygen atoms in total. The molecule has 2 atom stereocenters. The van der Waals surface area contributed by atoms with Crippen molar-refractivity contribution in [2.24, 2.45) is 0 Å². The minimum atomic E-state index is -0.210. The van der Waals surface area contributed by atoms with Gasteiger partial charge < -0.3 is 4.90 Å². The zero-order valence-electron chi connectivity index (χ0n) is 16.9. The van der Waals surface area contributed by atoms with E-state index in [4.69, 9.17) is 0 Å². The molecule has 2 unspecified atom stereocenters. The number of benzene rings is 1. The fourth-order valence-corrected chi connectivity index (χ4v) is 4.28. The zero-order valence-corrected chi connectivity index (χ0v) is 16.9. The maximum atomic E-state index is 13.6. The van der Waals surface area contributed by atoms with Crippen molar-refractivity contribution in [2.75, 3.05) is 24.5 Å². The van der Waals surface area contributed by atoms with Crippen molar-refractivity contribution in [1.29, 1.82) is 0 Å². The lowest BCUT2D eigenvalue weighted by atomic mass is 9.94. The second-order valence-electron chi connectivity index (χ2n) is 7.57. The Morgan fingerprint density at radius 1 is 1.17 bits per heavy atom. The summed E-state index contributed by atoms with van der Waals surface area (Å²) in [6.07, 6.45) is 9.30. The van der Waals surface area contributed by atoms with Gasteiger partial charge in [0, 0.05) is 49.3 Å². The summed E-state index contributed by atoms with van der Waals surface area (Å²) in [6.45, 7) is 6.82. The standard InChI is InChI=1S/C22H27FN6/c1-3-4-20(19-13-26-27-16(19)2)29-12-11-28(22-14-24-9-10-25-22)15-21(29)17-5-7-18(23)8-6-17/h5-10,13-14,20-21H,3-4,11-12,15H2,1-2H3,(H,26,27). The molecule has 0 aliphatic carbocycles. The van der Waals surface area contributed by atoms with Crippen molar-refractivity contribution < 1.29 is 4.39 Å². The Morgan fingerprint density at radius 3 is 2.66 bits per heavy atom. The smallest absolute Gasteiger partial charge is 0.147 e. The summed E-state index contributed by atoms with van der Waals surface area (Å²) >= 11 is 0. The van der Waals surface area contributed by atoms with Gasteiger partial charge in [0.1, 0.15) is 11.6 Å². The van der Waals surface area contributed by atoms with Gasteiger partial charge in [-0.25, -0.2) is 9.37 Å². The van der Waals surface area contributed by atoms with E-state index in [1.807, 2.05) is 18.3 Å². The summed E-state index contributed by atoms with van der Waals surface area (Å²) in [5.41, 5.74) is 3.46. The third-order valence-corrected chi connectivity index (χ3v) is 5.74. The highest BCUT2D eigenvalue weighted by molar-refractivity contribution is 5.38. The molecule has 1 fully saturated rings. The Morgan fingerprint density at radius 2 is 2.00 bits per heavy atom. The fourth-order valence-electron chi connectivity index (χ4n) is 4.28. The fraction of sp³-hybridized carbons (Fsp3) is 0.409. The molecular formula is C22H27FN6. The van der Waals surface area contributed by atoms with Crippen LogP contribution in [0.2, 0.25) is 0 Å². The Labute approximate surface area is 170 Å². The van der Waals surface area contributed by atoms with E-state index < -0.39 is 0 Å². The molecule has 1 saturated heterocycles. The van der Waals surface area contributed by atoms with Crippen molar-refractivity contribution in [3.8, 4) is 0 Å². The van der Waals surface area contributed by atoms with Crippen LogP contribution in [0.5, 0.6) is 0 Å². The Hall–Kier alpha value is -2.80. The van der Waals surface area contributed by atoms with E-state index in [1.54, 1.807) is 30.7 Å². The monoisotopic (exact) mass is 394 g/mol. The van der Waals surface area contributed by atoms with Gasteiger partial charge in [-0.1, -0.05) is 25.5 Å². The van der Waals surface area contributed by atoms with Crippen molar-refractivity contribution in [1.82, 2.24) is 25.1 Å². The maximum Gasteiger partial charge on any atom is 0.147 e. The van der Waals surface area contributed by atoms with Gasteiger partial charge >= 0.3 is 0 Å². The quantitative estimate of drug-likeness (QED) is 0.683. The molecule has 1 aliphatic rings. The molecule has 0 bridgehead atoms. The van der Waals surface area contributed by atoms with Crippen LogP contribution in [0.4, 0.5) is 10.2 Å². The Bertz CT molecular complexity index is 911. The van der Waals surface area contributed by atoms with Gasteiger partial charge in [-0.2, -0.15) is 5.10 Å². The lowest BCUT2D eigenvalue weighted by Crippen LogP contribution is -2.50. The van der Waals surface area contributed by atoms with E-state index in [-0.39, 0.29) is 17.9 Å². The van der Waals surface area contributed by atoms with Crippen LogP contribution in [0.25, 0.3) is 0 Å². The molecule has 0 radical (unpaired) electrons. The summed E-state index contributed by atoms with van der Waals surface area (Å²) in [6, 6.07) is 7.28. The first kappa shape index (κ1) is 19.5. The summed E-state index contributed by atoms with van der Waals surface area (Å²) < 4.78 is 13.6. The van der Waals surface area contributed by atoms with E-state index in [9.17, 15) is 4.39 Å². The average molecular weight is 394 g/mol. The van der Waals surface area contributed by atoms with Gasteiger partial charge in [0.05, 0.1) is 18.4 Å². The van der Waals surface area contributed by atoms with Gasteiger partial charge in [0.2, 0.25) is 0 Å². The van der Waals surface area contributed by atoms with E-state index in [2.05, 4.69) is 43.8 Å². The van der Waals surface area contributed by atoms with Crippen LogP contribution in [0.1, 0.15) is 48.7 Å². The molecule has 1 aromatic carbocycles. The largest absolute Gasteiger partial charge is 0.352 e. The second-order valence-corrected chi connectivity index (χ2v) is 7.57. The first-order chi connectivity index (χ1) is 14.2. The SMILES string of the molecule is CCCC(c1cn[nH]c1C)N1CCN(c2cnccn2)CC1c1ccc(F)cc1. The lowest BCUT2D eigenvalue weighted by Gasteiger charge is -2.46. The number of aryl methyl sites for hydroxylation is 1.